The van der Waals surface area contributed by atoms with Crippen LogP contribution in [0.25, 0.3) is 5.82 Å². The Bertz CT molecular complexity index is 1020. The molecule has 0 atom stereocenters. The van der Waals surface area contributed by atoms with Crippen molar-refractivity contribution in [2.24, 2.45) is 0 Å². The Balaban J connectivity index is 1.65. The number of rotatable bonds is 7. The lowest BCUT2D eigenvalue weighted by Crippen LogP contribution is -2.27. The summed E-state index contributed by atoms with van der Waals surface area (Å²) in [5.41, 5.74) is 3.31. The smallest absolute Gasteiger partial charge is 0.215 e. The Morgan fingerprint density at radius 1 is 1.11 bits per heavy atom. The summed E-state index contributed by atoms with van der Waals surface area (Å²) in [5, 5.41) is 4.51. The topological polar surface area (TPSA) is 76.9 Å². The molecule has 0 radical (unpaired) electrons. The zero-order valence-corrected chi connectivity index (χ0v) is 16.0. The maximum atomic E-state index is 12.9. The van der Waals surface area contributed by atoms with Crippen molar-refractivity contribution in [2.45, 2.75) is 26.0 Å². The van der Waals surface area contributed by atoms with E-state index in [0.717, 1.165) is 22.8 Å². The molecule has 0 amide bonds. The zero-order valence-electron chi connectivity index (χ0n) is 15.2. The highest BCUT2D eigenvalue weighted by molar-refractivity contribution is 7.88. The van der Waals surface area contributed by atoms with Gasteiger partial charge in [0.05, 0.1) is 11.4 Å². The van der Waals surface area contributed by atoms with Gasteiger partial charge < -0.3 is 0 Å². The fourth-order valence-electron chi connectivity index (χ4n) is 2.92. The Morgan fingerprint density at radius 2 is 1.85 bits per heavy atom. The first kappa shape index (κ1) is 19.2. The Morgan fingerprint density at radius 3 is 2.52 bits per heavy atom. The highest BCUT2D eigenvalue weighted by atomic mass is 32.2. The van der Waals surface area contributed by atoms with Gasteiger partial charge in [0.2, 0.25) is 10.0 Å². The molecule has 142 valence electrons. The normalized spacial score (nSPS) is 11.7. The second-order valence-corrected chi connectivity index (χ2v) is 8.09. The zero-order chi connectivity index (χ0) is 19.4. The van der Waals surface area contributed by atoms with E-state index in [-0.39, 0.29) is 18.1 Å². The average Bonchev–Trinajstić information content (AvgIpc) is 2.92. The van der Waals surface area contributed by atoms with Gasteiger partial charge in [0.15, 0.2) is 5.82 Å². The van der Waals surface area contributed by atoms with Crippen LogP contribution >= 0.6 is 0 Å². The van der Waals surface area contributed by atoms with Crippen LogP contribution in [-0.2, 0) is 22.2 Å². The lowest BCUT2D eigenvalue weighted by Gasteiger charge is -2.08. The maximum absolute atomic E-state index is 12.9. The van der Waals surface area contributed by atoms with Gasteiger partial charge in [0.25, 0.3) is 0 Å². The maximum Gasteiger partial charge on any atom is 0.215 e. The second kappa shape index (κ2) is 7.98. The molecule has 3 rings (SSSR count). The van der Waals surface area contributed by atoms with Crippen LogP contribution in [0.3, 0.4) is 0 Å². The van der Waals surface area contributed by atoms with E-state index >= 15 is 0 Å². The summed E-state index contributed by atoms with van der Waals surface area (Å²) < 4.78 is 41.8. The van der Waals surface area contributed by atoms with Gasteiger partial charge in [-0.2, -0.15) is 5.10 Å². The highest BCUT2D eigenvalue weighted by Crippen LogP contribution is 2.17. The van der Waals surface area contributed by atoms with E-state index in [1.807, 2.05) is 32.0 Å². The largest absolute Gasteiger partial charge is 0.237 e. The van der Waals surface area contributed by atoms with Gasteiger partial charge in [-0.1, -0.05) is 18.2 Å². The highest BCUT2D eigenvalue weighted by Gasteiger charge is 2.15. The molecule has 6 nitrogen and oxygen atoms in total. The van der Waals surface area contributed by atoms with E-state index in [1.165, 1.54) is 24.3 Å². The molecule has 1 N–H and O–H groups in total. The number of nitrogens with zero attached hydrogens (tertiary/aromatic N) is 3. The fraction of sp³-hybridized carbons (Fsp3) is 0.263. The molecule has 27 heavy (non-hydrogen) atoms. The molecule has 0 fully saturated rings. The number of benzene rings is 1. The molecule has 0 unspecified atom stereocenters. The Hall–Kier alpha value is -2.58. The van der Waals surface area contributed by atoms with Crippen LogP contribution in [0.4, 0.5) is 4.39 Å². The molecule has 0 saturated heterocycles. The molecule has 0 spiro atoms. The Kier molecular flexibility index (Phi) is 5.67. The molecule has 3 aromatic rings. The molecule has 0 aliphatic carbocycles. The van der Waals surface area contributed by atoms with E-state index in [1.54, 1.807) is 10.9 Å². The van der Waals surface area contributed by atoms with Crippen LogP contribution in [0.15, 0.2) is 48.7 Å². The number of aromatic nitrogens is 3. The summed E-state index contributed by atoms with van der Waals surface area (Å²) in [7, 11) is -3.50. The lowest BCUT2D eigenvalue weighted by atomic mass is 10.1. The summed E-state index contributed by atoms with van der Waals surface area (Å²) in [6, 6.07) is 11.1. The van der Waals surface area contributed by atoms with Crippen molar-refractivity contribution in [1.29, 1.82) is 0 Å². The molecular weight excluding hydrogens is 367 g/mol. The second-order valence-electron chi connectivity index (χ2n) is 6.28. The monoisotopic (exact) mass is 388 g/mol. The van der Waals surface area contributed by atoms with Crippen LogP contribution in [0.1, 0.15) is 22.5 Å². The number of halogens is 1. The third-order valence-electron chi connectivity index (χ3n) is 4.27. The van der Waals surface area contributed by atoms with Gasteiger partial charge in [0, 0.05) is 18.4 Å². The van der Waals surface area contributed by atoms with Crippen molar-refractivity contribution in [2.75, 3.05) is 6.54 Å². The third kappa shape index (κ3) is 4.78. The summed E-state index contributed by atoms with van der Waals surface area (Å²) in [5.74, 6) is 0.152. The molecular formula is C19H21FN4O2S. The molecule has 0 aliphatic rings. The van der Waals surface area contributed by atoms with E-state index in [2.05, 4.69) is 14.8 Å². The molecule has 2 aromatic heterocycles. The fourth-order valence-corrected chi connectivity index (χ4v) is 4.07. The summed E-state index contributed by atoms with van der Waals surface area (Å²) in [6.45, 7) is 4.10. The first-order valence-corrected chi connectivity index (χ1v) is 10.2. The molecule has 2 heterocycles. The number of nitrogens with one attached hydrogen (secondary N) is 1. The van der Waals surface area contributed by atoms with Crippen LogP contribution in [0.5, 0.6) is 0 Å². The van der Waals surface area contributed by atoms with Gasteiger partial charge in [-0.25, -0.2) is 27.2 Å². The summed E-state index contributed by atoms with van der Waals surface area (Å²) in [6.07, 6.45) is 2.22. The van der Waals surface area contributed by atoms with E-state index in [0.29, 0.717) is 12.0 Å². The molecule has 0 saturated carbocycles. The van der Waals surface area contributed by atoms with Crippen LogP contribution in [-0.4, -0.2) is 29.7 Å². The van der Waals surface area contributed by atoms with Gasteiger partial charge in [0.1, 0.15) is 5.82 Å². The minimum absolute atomic E-state index is 0.182. The summed E-state index contributed by atoms with van der Waals surface area (Å²) >= 11 is 0. The predicted molar refractivity (Wildman–Crippen MR) is 102 cm³/mol. The first-order chi connectivity index (χ1) is 12.9. The van der Waals surface area contributed by atoms with Gasteiger partial charge in [-0.3, -0.25) is 0 Å². The average molecular weight is 388 g/mol. The third-order valence-corrected chi connectivity index (χ3v) is 5.63. The molecule has 0 bridgehead atoms. The van der Waals surface area contributed by atoms with E-state index in [9.17, 15) is 12.8 Å². The van der Waals surface area contributed by atoms with Crippen molar-refractivity contribution in [3.05, 3.63) is 77.0 Å². The van der Waals surface area contributed by atoms with Crippen molar-refractivity contribution >= 4 is 10.0 Å². The minimum Gasteiger partial charge on any atom is -0.237 e. The van der Waals surface area contributed by atoms with Crippen molar-refractivity contribution in [1.82, 2.24) is 19.5 Å². The van der Waals surface area contributed by atoms with Crippen LogP contribution in [0, 0.1) is 19.7 Å². The minimum atomic E-state index is -3.50. The molecule has 8 heteroatoms. The SMILES string of the molecule is Cc1nn(-c2ccccn2)c(C)c1CCNS(=O)(=O)Cc1ccc(F)cc1. The van der Waals surface area contributed by atoms with Crippen molar-refractivity contribution in [3.8, 4) is 5.82 Å². The summed E-state index contributed by atoms with van der Waals surface area (Å²) in [4.78, 5) is 4.30. The van der Waals surface area contributed by atoms with Crippen molar-refractivity contribution in [3.63, 3.8) is 0 Å². The van der Waals surface area contributed by atoms with Crippen LogP contribution < -0.4 is 4.72 Å². The number of pyridine rings is 1. The predicted octanol–water partition coefficient (Wildman–Crippen LogP) is 2.69. The van der Waals surface area contributed by atoms with E-state index in [4.69, 9.17) is 0 Å². The Labute approximate surface area is 158 Å². The van der Waals surface area contributed by atoms with Gasteiger partial charge >= 0.3 is 0 Å². The number of hydrogen-bond acceptors (Lipinski definition) is 4. The van der Waals surface area contributed by atoms with Crippen LogP contribution in [0.2, 0.25) is 0 Å². The standard InChI is InChI=1S/C19H21FN4O2S/c1-14-18(15(2)24(23-14)19-5-3-4-11-21-19)10-12-22-27(25,26)13-16-6-8-17(20)9-7-16/h3-9,11,22H,10,12-13H2,1-2H3. The quantitative estimate of drug-likeness (QED) is 0.675. The van der Waals surface area contributed by atoms with Crippen molar-refractivity contribution < 1.29 is 12.8 Å². The first-order valence-electron chi connectivity index (χ1n) is 8.54. The molecule has 1 aromatic carbocycles. The lowest BCUT2D eigenvalue weighted by molar-refractivity contribution is 0.580. The number of sulfonamides is 1. The number of aryl methyl sites for hydroxylation is 1. The van der Waals surface area contributed by atoms with E-state index < -0.39 is 10.0 Å². The van der Waals surface area contributed by atoms with Gasteiger partial charge in [-0.15, -0.1) is 0 Å². The molecule has 0 aliphatic heterocycles. The van der Waals surface area contributed by atoms with Gasteiger partial charge in [-0.05, 0) is 55.7 Å². The number of hydrogen-bond donors (Lipinski definition) is 1.